The summed E-state index contributed by atoms with van der Waals surface area (Å²) in [6, 6.07) is 8.57. The summed E-state index contributed by atoms with van der Waals surface area (Å²) in [5.41, 5.74) is 0.746. The average molecular weight is 427 g/mol. The molecular weight excluding hydrogens is 414 g/mol. The van der Waals surface area contributed by atoms with Gasteiger partial charge in [0.2, 0.25) is 0 Å². The van der Waals surface area contributed by atoms with Crippen molar-refractivity contribution in [2.45, 2.75) is 13.5 Å². The molecule has 0 atom stereocenters. The van der Waals surface area contributed by atoms with Crippen molar-refractivity contribution in [3.63, 3.8) is 0 Å². The normalized spacial score (nSPS) is 11.8. The minimum absolute atomic E-state index is 0.153. The number of hydrogen-bond acceptors (Lipinski definition) is 4. The Balaban J connectivity index is 2.12. The molecule has 3 aromatic rings. The molecule has 9 heteroatoms. The van der Waals surface area contributed by atoms with Gasteiger partial charge in [-0.15, -0.1) is 0 Å². The smallest absolute Gasteiger partial charge is 0.326 e. The molecule has 1 heterocycles. The predicted octanol–water partition coefficient (Wildman–Crippen LogP) is 4.45. The van der Waals surface area contributed by atoms with Crippen molar-refractivity contribution in [2.75, 3.05) is 6.61 Å². The van der Waals surface area contributed by atoms with Gasteiger partial charge < -0.3 is 9.30 Å². The van der Waals surface area contributed by atoms with Crippen molar-refractivity contribution in [1.29, 1.82) is 0 Å². The number of amides is 1. The number of carbonyl (C=O) groups is 2. The molecule has 0 unspecified atom stereocenters. The Morgan fingerprint density at radius 2 is 2.00 bits per heavy atom. The Labute approximate surface area is 167 Å². The second kappa shape index (κ2) is 8.21. The summed E-state index contributed by atoms with van der Waals surface area (Å²) in [5, 5.41) is 0.562. The molecule has 0 saturated carbocycles. The first kappa shape index (κ1) is 19.5. The molecule has 0 aliphatic heterocycles. The molecule has 0 saturated heterocycles. The Kier molecular flexibility index (Phi) is 5.94. The standard InChI is InChI=1S/C18H13Cl2FN2O3S/c1-2-26-16(24)9-23-14-6-4-11(21)8-15(14)27-18(23)22-17(25)12-5-3-10(19)7-13(12)20/h3-8H,2,9H2,1H3. The summed E-state index contributed by atoms with van der Waals surface area (Å²) in [5.74, 6) is -1.51. The van der Waals surface area contributed by atoms with E-state index in [9.17, 15) is 14.0 Å². The van der Waals surface area contributed by atoms with E-state index in [1.54, 1.807) is 6.92 Å². The van der Waals surface area contributed by atoms with Crippen LogP contribution in [0.15, 0.2) is 41.4 Å². The highest BCUT2D eigenvalue weighted by Gasteiger charge is 2.15. The Morgan fingerprint density at radius 1 is 1.22 bits per heavy atom. The number of aromatic nitrogens is 1. The zero-order chi connectivity index (χ0) is 19.6. The van der Waals surface area contributed by atoms with Crippen molar-refractivity contribution in [3.8, 4) is 0 Å². The second-order valence-corrected chi connectivity index (χ2v) is 7.28. The van der Waals surface area contributed by atoms with Crippen molar-refractivity contribution < 1.29 is 18.7 Å². The van der Waals surface area contributed by atoms with Crippen molar-refractivity contribution in [1.82, 2.24) is 4.57 Å². The highest BCUT2D eigenvalue weighted by Crippen LogP contribution is 2.22. The third-order valence-electron chi connectivity index (χ3n) is 3.60. The van der Waals surface area contributed by atoms with Gasteiger partial charge in [0.15, 0.2) is 4.80 Å². The topological polar surface area (TPSA) is 60.7 Å². The summed E-state index contributed by atoms with van der Waals surface area (Å²) in [6.45, 7) is 1.77. The van der Waals surface area contributed by atoms with Gasteiger partial charge in [-0.2, -0.15) is 4.99 Å². The number of thiazole rings is 1. The molecule has 0 spiro atoms. The van der Waals surface area contributed by atoms with Gasteiger partial charge >= 0.3 is 5.97 Å². The molecule has 1 amide bonds. The van der Waals surface area contributed by atoms with Crippen LogP contribution in [0.3, 0.4) is 0 Å². The Morgan fingerprint density at radius 3 is 2.70 bits per heavy atom. The van der Waals surface area contributed by atoms with Gasteiger partial charge in [0.1, 0.15) is 12.4 Å². The van der Waals surface area contributed by atoms with E-state index in [0.29, 0.717) is 15.2 Å². The van der Waals surface area contributed by atoms with Crippen LogP contribution in [-0.2, 0) is 16.1 Å². The molecule has 5 nitrogen and oxygen atoms in total. The van der Waals surface area contributed by atoms with E-state index in [0.717, 1.165) is 11.3 Å². The van der Waals surface area contributed by atoms with E-state index in [1.807, 2.05) is 0 Å². The van der Waals surface area contributed by atoms with Gasteiger partial charge in [0.05, 0.1) is 27.4 Å². The number of carbonyl (C=O) groups excluding carboxylic acids is 2. The van der Waals surface area contributed by atoms with Crippen LogP contribution in [0.5, 0.6) is 0 Å². The molecule has 0 aliphatic carbocycles. The van der Waals surface area contributed by atoms with E-state index < -0.39 is 17.7 Å². The maximum Gasteiger partial charge on any atom is 0.326 e. The van der Waals surface area contributed by atoms with E-state index in [-0.39, 0.29) is 28.5 Å². The first-order valence-corrected chi connectivity index (χ1v) is 9.45. The fourth-order valence-electron chi connectivity index (χ4n) is 2.43. The third kappa shape index (κ3) is 4.37. The Bertz CT molecular complexity index is 1110. The number of ether oxygens (including phenoxy) is 1. The molecule has 0 bridgehead atoms. The van der Waals surface area contributed by atoms with Gasteiger partial charge in [0, 0.05) is 5.02 Å². The van der Waals surface area contributed by atoms with E-state index in [4.69, 9.17) is 27.9 Å². The van der Waals surface area contributed by atoms with Crippen molar-refractivity contribution >= 4 is 56.6 Å². The van der Waals surface area contributed by atoms with Crippen LogP contribution in [-0.4, -0.2) is 23.1 Å². The van der Waals surface area contributed by atoms with Gasteiger partial charge in [-0.25, -0.2) is 4.39 Å². The molecule has 0 fully saturated rings. The highest BCUT2D eigenvalue weighted by atomic mass is 35.5. The quantitative estimate of drug-likeness (QED) is 0.578. The summed E-state index contributed by atoms with van der Waals surface area (Å²) >= 11 is 13.0. The van der Waals surface area contributed by atoms with Crippen LogP contribution >= 0.6 is 34.5 Å². The zero-order valence-electron chi connectivity index (χ0n) is 14.0. The van der Waals surface area contributed by atoms with Crippen LogP contribution in [0.25, 0.3) is 10.2 Å². The fraction of sp³-hybridized carbons (Fsp3) is 0.167. The molecule has 0 radical (unpaired) electrons. The lowest BCUT2D eigenvalue weighted by atomic mass is 10.2. The number of fused-ring (bicyclic) bond motifs is 1. The monoisotopic (exact) mass is 426 g/mol. The predicted molar refractivity (Wildman–Crippen MR) is 103 cm³/mol. The van der Waals surface area contributed by atoms with Crippen LogP contribution in [0.2, 0.25) is 10.0 Å². The molecular formula is C18H13Cl2FN2O3S. The van der Waals surface area contributed by atoms with Crippen LogP contribution in [0, 0.1) is 5.82 Å². The summed E-state index contributed by atoms with van der Waals surface area (Å²) in [6.07, 6.45) is 0. The number of hydrogen-bond donors (Lipinski definition) is 0. The van der Waals surface area contributed by atoms with Crippen LogP contribution < -0.4 is 4.80 Å². The van der Waals surface area contributed by atoms with Crippen molar-refractivity contribution in [3.05, 3.63) is 62.6 Å². The number of nitrogens with zero attached hydrogens (tertiary/aromatic N) is 2. The first-order valence-electron chi connectivity index (χ1n) is 7.87. The zero-order valence-corrected chi connectivity index (χ0v) is 16.4. The SMILES string of the molecule is CCOC(=O)Cn1c(=NC(=O)c2ccc(Cl)cc2Cl)sc2cc(F)ccc21. The summed E-state index contributed by atoms with van der Waals surface area (Å²) in [4.78, 5) is 28.8. The van der Waals surface area contributed by atoms with Gasteiger partial charge in [-0.05, 0) is 43.3 Å². The van der Waals surface area contributed by atoms with E-state index in [1.165, 1.54) is 41.0 Å². The highest BCUT2D eigenvalue weighted by molar-refractivity contribution is 7.16. The minimum atomic E-state index is -0.596. The number of rotatable bonds is 4. The lowest BCUT2D eigenvalue weighted by Crippen LogP contribution is -2.23. The molecule has 0 aliphatic rings. The maximum absolute atomic E-state index is 13.6. The van der Waals surface area contributed by atoms with Gasteiger partial charge in [-0.1, -0.05) is 34.5 Å². The largest absolute Gasteiger partial charge is 0.465 e. The summed E-state index contributed by atoms with van der Waals surface area (Å²) < 4.78 is 20.6. The fourth-order valence-corrected chi connectivity index (χ4v) is 3.97. The second-order valence-electron chi connectivity index (χ2n) is 5.43. The van der Waals surface area contributed by atoms with Crippen molar-refractivity contribution in [2.24, 2.45) is 4.99 Å². The lowest BCUT2D eigenvalue weighted by molar-refractivity contribution is -0.143. The average Bonchev–Trinajstić information content (AvgIpc) is 2.91. The number of esters is 1. The Hall–Kier alpha value is -2.22. The van der Waals surface area contributed by atoms with E-state index >= 15 is 0 Å². The van der Waals surface area contributed by atoms with Gasteiger partial charge in [0.25, 0.3) is 5.91 Å². The molecule has 1 aromatic heterocycles. The van der Waals surface area contributed by atoms with E-state index in [2.05, 4.69) is 4.99 Å². The van der Waals surface area contributed by atoms with Gasteiger partial charge in [-0.3, -0.25) is 9.59 Å². The molecule has 3 rings (SSSR count). The molecule has 0 N–H and O–H groups in total. The number of halogens is 3. The first-order chi connectivity index (χ1) is 12.9. The van der Waals surface area contributed by atoms with Crippen LogP contribution in [0.4, 0.5) is 4.39 Å². The molecule has 27 heavy (non-hydrogen) atoms. The number of benzene rings is 2. The third-order valence-corrected chi connectivity index (χ3v) is 5.19. The maximum atomic E-state index is 13.6. The molecule has 140 valence electrons. The lowest BCUT2D eigenvalue weighted by Gasteiger charge is -2.05. The minimum Gasteiger partial charge on any atom is -0.465 e. The summed E-state index contributed by atoms with van der Waals surface area (Å²) in [7, 11) is 0. The van der Waals surface area contributed by atoms with Crippen LogP contribution in [0.1, 0.15) is 17.3 Å². The molecule has 2 aromatic carbocycles.